The molecule has 2 aromatic rings. The number of amides is 1. The highest BCUT2D eigenvalue weighted by Gasteiger charge is 2.29. The molecule has 5 nitrogen and oxygen atoms in total. The molecule has 4 rings (SSSR count). The highest BCUT2D eigenvalue weighted by atomic mass is 16.5. The van der Waals surface area contributed by atoms with E-state index in [0.717, 1.165) is 67.2 Å². The van der Waals surface area contributed by atoms with Crippen molar-refractivity contribution in [1.29, 1.82) is 0 Å². The van der Waals surface area contributed by atoms with Gasteiger partial charge in [-0.25, -0.2) is 0 Å². The van der Waals surface area contributed by atoms with E-state index in [9.17, 15) is 4.79 Å². The molecule has 1 aromatic carbocycles. The molecule has 126 valence electrons. The van der Waals surface area contributed by atoms with Gasteiger partial charge >= 0.3 is 0 Å². The zero-order valence-corrected chi connectivity index (χ0v) is 14.3. The van der Waals surface area contributed by atoms with E-state index < -0.39 is 0 Å². The smallest absolute Gasteiger partial charge is 0.253 e. The van der Waals surface area contributed by atoms with Crippen molar-refractivity contribution >= 4 is 5.91 Å². The Labute approximate surface area is 142 Å². The Hall–Kier alpha value is -2.30. The Kier molecular flexibility index (Phi) is 3.79. The molecule has 5 heteroatoms. The third-order valence-corrected chi connectivity index (χ3v) is 5.00. The molecule has 1 aromatic heterocycles. The zero-order chi connectivity index (χ0) is 16.7. The Morgan fingerprint density at radius 3 is 2.96 bits per heavy atom. The fourth-order valence-electron chi connectivity index (χ4n) is 3.82. The number of carbonyl (C=O) groups excluding carboxylic acids is 1. The summed E-state index contributed by atoms with van der Waals surface area (Å²) in [5, 5.41) is 4.58. The van der Waals surface area contributed by atoms with Crippen molar-refractivity contribution in [3.05, 3.63) is 46.8 Å². The van der Waals surface area contributed by atoms with E-state index in [-0.39, 0.29) is 11.9 Å². The van der Waals surface area contributed by atoms with E-state index in [4.69, 9.17) is 4.74 Å². The third kappa shape index (κ3) is 2.68. The molecule has 0 saturated carbocycles. The number of rotatable bonds is 2. The molecule has 2 aliphatic rings. The first-order chi connectivity index (χ1) is 11.6. The molecule has 0 spiro atoms. The lowest BCUT2D eigenvalue weighted by Crippen LogP contribution is -2.29. The molecule has 0 aliphatic carbocycles. The van der Waals surface area contributed by atoms with Crippen LogP contribution in [0.3, 0.4) is 0 Å². The van der Waals surface area contributed by atoms with Gasteiger partial charge in [0.15, 0.2) is 0 Å². The molecule has 0 bridgehead atoms. The van der Waals surface area contributed by atoms with Crippen molar-refractivity contribution in [3.63, 3.8) is 0 Å². The summed E-state index contributed by atoms with van der Waals surface area (Å²) < 4.78 is 7.71. The van der Waals surface area contributed by atoms with Crippen LogP contribution in [0.15, 0.2) is 24.3 Å². The predicted octanol–water partition coefficient (Wildman–Crippen LogP) is 2.91. The maximum absolute atomic E-state index is 12.9. The van der Waals surface area contributed by atoms with Crippen LogP contribution in [-0.4, -0.2) is 40.3 Å². The van der Waals surface area contributed by atoms with Gasteiger partial charge in [0.1, 0.15) is 5.75 Å². The van der Waals surface area contributed by atoms with E-state index in [1.54, 1.807) is 0 Å². The zero-order valence-electron chi connectivity index (χ0n) is 14.3. The average molecular weight is 325 g/mol. The third-order valence-electron chi connectivity index (χ3n) is 5.00. The maximum atomic E-state index is 12.9. The lowest BCUT2D eigenvalue weighted by Gasteiger charge is -2.20. The van der Waals surface area contributed by atoms with Crippen molar-refractivity contribution in [2.45, 2.75) is 39.2 Å². The molecule has 0 unspecified atom stereocenters. The summed E-state index contributed by atoms with van der Waals surface area (Å²) in [5.41, 5.74) is 4.12. The monoisotopic (exact) mass is 325 g/mol. The fourth-order valence-corrected chi connectivity index (χ4v) is 3.82. The van der Waals surface area contributed by atoms with E-state index in [1.165, 1.54) is 0 Å². The first kappa shape index (κ1) is 15.2. The highest BCUT2D eigenvalue weighted by Crippen LogP contribution is 2.28. The summed E-state index contributed by atoms with van der Waals surface area (Å²) in [6.07, 6.45) is 2.97. The van der Waals surface area contributed by atoms with Gasteiger partial charge in [-0.15, -0.1) is 0 Å². The van der Waals surface area contributed by atoms with Crippen LogP contribution < -0.4 is 4.74 Å². The molecule has 3 heterocycles. The number of likely N-dealkylation sites (tertiary alicyclic amines) is 1. The normalized spacial score (nSPS) is 19.9. The Morgan fingerprint density at radius 1 is 1.29 bits per heavy atom. The first-order valence-corrected chi connectivity index (χ1v) is 8.69. The quantitative estimate of drug-likeness (QED) is 0.853. The van der Waals surface area contributed by atoms with Gasteiger partial charge in [-0.3, -0.25) is 9.48 Å². The van der Waals surface area contributed by atoms with Gasteiger partial charge in [0, 0.05) is 24.3 Å². The summed E-state index contributed by atoms with van der Waals surface area (Å²) in [5.74, 6) is 1.05. The van der Waals surface area contributed by atoms with Crippen LogP contribution >= 0.6 is 0 Å². The maximum Gasteiger partial charge on any atom is 0.253 e. The van der Waals surface area contributed by atoms with Crippen molar-refractivity contribution in [2.24, 2.45) is 0 Å². The van der Waals surface area contributed by atoms with Crippen LogP contribution in [0, 0.1) is 13.8 Å². The van der Waals surface area contributed by atoms with Crippen molar-refractivity contribution < 1.29 is 9.53 Å². The van der Waals surface area contributed by atoms with Gasteiger partial charge in [0.25, 0.3) is 5.91 Å². The molecular weight excluding hydrogens is 302 g/mol. The average Bonchev–Trinajstić information content (AvgIpc) is 3.20. The van der Waals surface area contributed by atoms with Crippen molar-refractivity contribution in [1.82, 2.24) is 14.7 Å². The minimum atomic E-state index is 0.118. The number of ether oxygens (including phenoxy) is 1. The molecule has 1 fully saturated rings. The Balaban J connectivity index is 1.50. The highest BCUT2D eigenvalue weighted by molar-refractivity contribution is 5.94. The first-order valence-electron chi connectivity index (χ1n) is 8.69. The minimum absolute atomic E-state index is 0.118. The van der Waals surface area contributed by atoms with Gasteiger partial charge in [-0.05, 0) is 62.9 Å². The number of hydrogen-bond acceptors (Lipinski definition) is 3. The van der Waals surface area contributed by atoms with E-state index in [1.807, 2.05) is 30.0 Å². The number of aryl methyl sites for hydroxylation is 3. The molecular formula is C19H23N3O2. The SMILES string of the molecule is Cc1cc(C)n([C@H]2CCN(C(=O)c3ccc4c(c3)CCCO4)C2)n1. The van der Waals surface area contributed by atoms with E-state index in [0.29, 0.717) is 0 Å². The number of benzene rings is 1. The lowest BCUT2D eigenvalue weighted by atomic mass is 10.0. The van der Waals surface area contributed by atoms with Crippen LogP contribution in [0.2, 0.25) is 0 Å². The van der Waals surface area contributed by atoms with Crippen LogP contribution in [0.1, 0.15) is 46.2 Å². The Bertz CT molecular complexity index is 781. The fraction of sp³-hybridized carbons (Fsp3) is 0.474. The van der Waals surface area contributed by atoms with Gasteiger partial charge in [0.2, 0.25) is 0 Å². The van der Waals surface area contributed by atoms with Gasteiger partial charge in [-0.2, -0.15) is 5.10 Å². The molecule has 1 amide bonds. The van der Waals surface area contributed by atoms with E-state index in [2.05, 4.69) is 22.8 Å². The van der Waals surface area contributed by atoms with Gasteiger partial charge in [-0.1, -0.05) is 0 Å². The largest absolute Gasteiger partial charge is 0.493 e. The van der Waals surface area contributed by atoms with Gasteiger partial charge in [0.05, 0.1) is 18.3 Å². The molecule has 0 radical (unpaired) electrons. The van der Waals surface area contributed by atoms with Crippen LogP contribution in [0.5, 0.6) is 5.75 Å². The second-order valence-electron chi connectivity index (χ2n) is 6.84. The second kappa shape index (κ2) is 5.96. The van der Waals surface area contributed by atoms with Crippen LogP contribution in [-0.2, 0) is 6.42 Å². The number of hydrogen-bond donors (Lipinski definition) is 0. The molecule has 0 N–H and O–H groups in total. The summed E-state index contributed by atoms with van der Waals surface area (Å²) in [7, 11) is 0. The number of carbonyl (C=O) groups is 1. The van der Waals surface area contributed by atoms with Crippen LogP contribution in [0.25, 0.3) is 0 Å². The van der Waals surface area contributed by atoms with Crippen molar-refractivity contribution in [2.75, 3.05) is 19.7 Å². The second-order valence-corrected chi connectivity index (χ2v) is 6.84. The minimum Gasteiger partial charge on any atom is -0.493 e. The van der Waals surface area contributed by atoms with E-state index >= 15 is 0 Å². The summed E-state index contributed by atoms with van der Waals surface area (Å²) >= 11 is 0. The lowest BCUT2D eigenvalue weighted by molar-refractivity contribution is 0.0786. The standard InChI is InChI=1S/C19H23N3O2/c1-13-10-14(2)22(20-13)17-7-8-21(12-17)19(23)16-5-6-18-15(11-16)4-3-9-24-18/h5-6,10-11,17H,3-4,7-9,12H2,1-2H3/t17-/m0/s1. The number of fused-ring (bicyclic) bond motifs is 1. The molecule has 1 atom stereocenters. The van der Waals surface area contributed by atoms with Gasteiger partial charge < -0.3 is 9.64 Å². The molecule has 24 heavy (non-hydrogen) atoms. The molecule has 2 aliphatic heterocycles. The summed E-state index contributed by atoms with van der Waals surface area (Å²) in [6, 6.07) is 8.21. The number of nitrogens with zero attached hydrogens (tertiary/aromatic N) is 3. The van der Waals surface area contributed by atoms with Crippen LogP contribution in [0.4, 0.5) is 0 Å². The number of aromatic nitrogens is 2. The molecule has 1 saturated heterocycles. The topological polar surface area (TPSA) is 47.4 Å². The summed E-state index contributed by atoms with van der Waals surface area (Å²) in [6.45, 7) is 6.38. The predicted molar refractivity (Wildman–Crippen MR) is 91.5 cm³/mol. The van der Waals surface area contributed by atoms with Crippen molar-refractivity contribution in [3.8, 4) is 5.75 Å². The Morgan fingerprint density at radius 2 is 2.17 bits per heavy atom. The summed E-state index contributed by atoms with van der Waals surface area (Å²) in [4.78, 5) is 14.8.